The van der Waals surface area contributed by atoms with Crippen LogP contribution in [0.3, 0.4) is 0 Å². The van der Waals surface area contributed by atoms with Crippen molar-refractivity contribution in [1.82, 2.24) is 19.7 Å². The molecule has 27 heavy (non-hydrogen) atoms. The molecule has 0 aliphatic heterocycles. The number of fused-ring (bicyclic) bond motifs is 1. The van der Waals surface area contributed by atoms with Gasteiger partial charge in [0.1, 0.15) is 4.83 Å². The SMILES string of the molecule is Cc1nn(CC(C)C)c2sc(C(=O)Nc3nc(-c4ccncc4)cs3)cc12. The molecular weight excluding hydrogens is 378 g/mol. The highest BCUT2D eigenvalue weighted by atomic mass is 32.1. The number of nitrogens with zero attached hydrogens (tertiary/aromatic N) is 4. The van der Waals surface area contributed by atoms with E-state index >= 15 is 0 Å². The molecule has 6 nitrogen and oxygen atoms in total. The third-order valence-electron chi connectivity index (χ3n) is 4.07. The van der Waals surface area contributed by atoms with Gasteiger partial charge in [0, 0.05) is 35.3 Å². The Hall–Kier alpha value is -2.58. The van der Waals surface area contributed by atoms with E-state index in [-0.39, 0.29) is 5.91 Å². The Bertz CT molecular complexity index is 1090. The summed E-state index contributed by atoms with van der Waals surface area (Å²) < 4.78 is 2.00. The van der Waals surface area contributed by atoms with Gasteiger partial charge in [-0.05, 0) is 31.0 Å². The van der Waals surface area contributed by atoms with Crippen molar-refractivity contribution in [2.45, 2.75) is 27.3 Å². The summed E-state index contributed by atoms with van der Waals surface area (Å²) in [6.07, 6.45) is 3.46. The Morgan fingerprint density at radius 1 is 1.30 bits per heavy atom. The van der Waals surface area contributed by atoms with Crippen LogP contribution in [-0.4, -0.2) is 25.7 Å². The first kappa shape index (κ1) is 17.8. The van der Waals surface area contributed by atoms with Gasteiger partial charge in [0.25, 0.3) is 5.91 Å². The van der Waals surface area contributed by atoms with E-state index in [1.54, 1.807) is 12.4 Å². The molecule has 0 saturated carbocycles. The first-order valence-corrected chi connectivity index (χ1v) is 10.3. The number of rotatable bonds is 5. The van der Waals surface area contributed by atoms with Crippen molar-refractivity contribution in [1.29, 1.82) is 0 Å². The van der Waals surface area contributed by atoms with Gasteiger partial charge in [0.05, 0.1) is 16.3 Å². The minimum Gasteiger partial charge on any atom is -0.297 e. The van der Waals surface area contributed by atoms with Crippen molar-refractivity contribution in [3.8, 4) is 11.3 Å². The van der Waals surface area contributed by atoms with E-state index in [0.717, 1.165) is 33.7 Å². The zero-order valence-corrected chi connectivity index (χ0v) is 16.9. The Kier molecular flexibility index (Phi) is 4.75. The lowest BCUT2D eigenvalue weighted by Gasteiger charge is -2.04. The van der Waals surface area contributed by atoms with Gasteiger partial charge in [0.15, 0.2) is 5.13 Å². The predicted octanol–water partition coefficient (Wildman–Crippen LogP) is 4.83. The molecule has 4 aromatic heterocycles. The van der Waals surface area contributed by atoms with Crippen molar-refractivity contribution in [2.24, 2.45) is 5.92 Å². The standard InChI is InChI=1S/C19H19N5OS2/c1-11(2)9-24-18-14(12(3)23-24)8-16(27-18)17(25)22-19-21-15(10-26-19)13-4-6-20-7-5-13/h4-8,10-11H,9H2,1-3H3,(H,21,22,25). The number of carbonyl (C=O) groups excluding carboxylic acids is 1. The van der Waals surface area contributed by atoms with Gasteiger partial charge in [0.2, 0.25) is 0 Å². The number of amides is 1. The number of aryl methyl sites for hydroxylation is 1. The van der Waals surface area contributed by atoms with E-state index in [1.807, 2.05) is 35.2 Å². The monoisotopic (exact) mass is 397 g/mol. The number of hydrogen-bond acceptors (Lipinski definition) is 6. The van der Waals surface area contributed by atoms with Gasteiger partial charge >= 0.3 is 0 Å². The maximum absolute atomic E-state index is 12.7. The zero-order valence-electron chi connectivity index (χ0n) is 15.3. The first-order chi connectivity index (χ1) is 13.0. The molecule has 0 atom stereocenters. The maximum atomic E-state index is 12.7. The Balaban J connectivity index is 1.56. The van der Waals surface area contributed by atoms with Crippen LogP contribution in [0.4, 0.5) is 5.13 Å². The van der Waals surface area contributed by atoms with Crippen molar-refractivity contribution in [3.05, 3.63) is 46.5 Å². The van der Waals surface area contributed by atoms with Gasteiger partial charge in [-0.2, -0.15) is 5.10 Å². The number of aromatic nitrogens is 4. The number of nitrogens with one attached hydrogen (secondary N) is 1. The normalized spacial score (nSPS) is 11.4. The number of hydrogen-bond donors (Lipinski definition) is 1. The molecule has 0 aromatic carbocycles. The van der Waals surface area contributed by atoms with Crippen LogP contribution in [0.15, 0.2) is 36.0 Å². The topological polar surface area (TPSA) is 72.7 Å². The van der Waals surface area contributed by atoms with Crippen molar-refractivity contribution in [2.75, 3.05) is 5.32 Å². The number of thiophene rings is 1. The van der Waals surface area contributed by atoms with E-state index < -0.39 is 0 Å². The molecular formula is C19H19N5OS2. The number of carbonyl (C=O) groups is 1. The number of pyridine rings is 1. The summed E-state index contributed by atoms with van der Waals surface area (Å²) in [5.41, 5.74) is 2.76. The molecule has 0 spiro atoms. The van der Waals surface area contributed by atoms with E-state index in [1.165, 1.54) is 22.7 Å². The maximum Gasteiger partial charge on any atom is 0.267 e. The van der Waals surface area contributed by atoms with Gasteiger partial charge in [-0.3, -0.25) is 19.8 Å². The van der Waals surface area contributed by atoms with E-state index in [0.29, 0.717) is 15.9 Å². The van der Waals surface area contributed by atoms with Crippen LogP contribution in [0.2, 0.25) is 0 Å². The molecule has 138 valence electrons. The van der Waals surface area contributed by atoms with Crippen molar-refractivity contribution >= 4 is 43.9 Å². The summed E-state index contributed by atoms with van der Waals surface area (Å²) in [4.78, 5) is 22.9. The van der Waals surface area contributed by atoms with Gasteiger partial charge < -0.3 is 0 Å². The summed E-state index contributed by atoms with van der Waals surface area (Å²) in [6.45, 7) is 7.14. The molecule has 0 aliphatic rings. The van der Waals surface area contributed by atoms with E-state index in [2.05, 4.69) is 34.2 Å². The second-order valence-corrected chi connectivity index (χ2v) is 8.61. The van der Waals surface area contributed by atoms with Crippen LogP contribution < -0.4 is 5.32 Å². The average molecular weight is 398 g/mol. The average Bonchev–Trinajstić information content (AvgIpc) is 3.34. The molecule has 4 heterocycles. The molecule has 0 unspecified atom stereocenters. The van der Waals surface area contributed by atoms with Crippen LogP contribution in [0, 0.1) is 12.8 Å². The molecule has 1 amide bonds. The molecule has 4 aromatic rings. The highest BCUT2D eigenvalue weighted by molar-refractivity contribution is 7.20. The fourth-order valence-electron chi connectivity index (χ4n) is 2.84. The Morgan fingerprint density at radius 2 is 2.07 bits per heavy atom. The lowest BCUT2D eigenvalue weighted by molar-refractivity contribution is 0.103. The molecule has 0 radical (unpaired) electrons. The fourth-order valence-corrected chi connectivity index (χ4v) is 4.62. The molecule has 4 rings (SSSR count). The smallest absolute Gasteiger partial charge is 0.267 e. The summed E-state index contributed by atoms with van der Waals surface area (Å²) in [5.74, 6) is 0.358. The Labute approximate surface area is 164 Å². The molecule has 0 bridgehead atoms. The lowest BCUT2D eigenvalue weighted by atomic mass is 10.2. The van der Waals surface area contributed by atoms with Gasteiger partial charge in [-0.25, -0.2) is 4.98 Å². The summed E-state index contributed by atoms with van der Waals surface area (Å²) in [7, 11) is 0. The quantitative estimate of drug-likeness (QED) is 0.523. The summed E-state index contributed by atoms with van der Waals surface area (Å²) in [6, 6.07) is 5.72. The predicted molar refractivity (Wildman–Crippen MR) is 110 cm³/mol. The number of anilines is 1. The second-order valence-electron chi connectivity index (χ2n) is 6.72. The second kappa shape index (κ2) is 7.21. The minimum absolute atomic E-state index is 0.137. The van der Waals surface area contributed by atoms with Crippen LogP contribution >= 0.6 is 22.7 Å². The number of thiazole rings is 1. The largest absolute Gasteiger partial charge is 0.297 e. The van der Waals surface area contributed by atoms with Crippen LogP contribution in [0.25, 0.3) is 21.5 Å². The third-order valence-corrected chi connectivity index (χ3v) is 5.97. The lowest BCUT2D eigenvalue weighted by Crippen LogP contribution is -2.10. The third kappa shape index (κ3) is 3.63. The van der Waals surface area contributed by atoms with Crippen molar-refractivity contribution < 1.29 is 4.79 Å². The summed E-state index contributed by atoms with van der Waals surface area (Å²) >= 11 is 2.89. The van der Waals surface area contributed by atoms with E-state index in [4.69, 9.17) is 0 Å². The molecule has 0 fully saturated rings. The highest BCUT2D eigenvalue weighted by Gasteiger charge is 2.18. The Morgan fingerprint density at radius 3 is 2.81 bits per heavy atom. The molecule has 0 saturated heterocycles. The van der Waals surface area contributed by atoms with Gasteiger partial charge in [-0.1, -0.05) is 13.8 Å². The van der Waals surface area contributed by atoms with Gasteiger partial charge in [-0.15, -0.1) is 22.7 Å². The van der Waals surface area contributed by atoms with Crippen LogP contribution in [0.5, 0.6) is 0 Å². The molecule has 8 heteroatoms. The highest BCUT2D eigenvalue weighted by Crippen LogP contribution is 2.30. The zero-order chi connectivity index (χ0) is 19.0. The van der Waals surface area contributed by atoms with Crippen LogP contribution in [-0.2, 0) is 6.54 Å². The van der Waals surface area contributed by atoms with E-state index in [9.17, 15) is 4.79 Å². The molecule has 1 N–H and O–H groups in total. The minimum atomic E-state index is -0.137. The first-order valence-electron chi connectivity index (χ1n) is 8.65. The summed E-state index contributed by atoms with van der Waals surface area (Å²) in [5, 5.41) is 11.1. The van der Waals surface area contributed by atoms with Crippen LogP contribution in [0.1, 0.15) is 29.2 Å². The van der Waals surface area contributed by atoms with Crippen molar-refractivity contribution in [3.63, 3.8) is 0 Å². The molecule has 0 aliphatic carbocycles. The fraction of sp³-hybridized carbons (Fsp3) is 0.263.